The third-order valence-electron chi connectivity index (χ3n) is 7.19. The summed E-state index contributed by atoms with van der Waals surface area (Å²) in [5.74, 6) is -3.20. The van der Waals surface area contributed by atoms with Crippen LogP contribution in [0.25, 0.3) is 11.1 Å². The minimum Gasteiger partial charge on any atom is -0.481 e. The van der Waals surface area contributed by atoms with E-state index in [0.29, 0.717) is 5.02 Å². The molecule has 11 heteroatoms. The van der Waals surface area contributed by atoms with Crippen molar-refractivity contribution in [2.75, 3.05) is 18.6 Å². The summed E-state index contributed by atoms with van der Waals surface area (Å²) in [7, 11) is 2.57. The Labute approximate surface area is 246 Å². The lowest BCUT2D eigenvalue weighted by Crippen LogP contribution is -2.48. The van der Waals surface area contributed by atoms with Gasteiger partial charge in [-0.25, -0.2) is 9.59 Å². The molecule has 42 heavy (non-hydrogen) atoms. The van der Waals surface area contributed by atoms with Gasteiger partial charge >= 0.3 is 18.0 Å². The Bertz CT molecular complexity index is 1640. The predicted octanol–water partition coefficient (Wildman–Crippen LogP) is 5.08. The van der Waals surface area contributed by atoms with Gasteiger partial charge in [0.15, 0.2) is 0 Å². The summed E-state index contributed by atoms with van der Waals surface area (Å²) in [5.41, 5.74) is 4.04. The first-order valence-corrected chi connectivity index (χ1v) is 13.3. The number of halogens is 1. The van der Waals surface area contributed by atoms with Gasteiger partial charge in [0, 0.05) is 23.6 Å². The van der Waals surface area contributed by atoms with Crippen molar-refractivity contribution in [2.45, 2.75) is 18.4 Å². The summed E-state index contributed by atoms with van der Waals surface area (Å²) < 4.78 is 11.9. The lowest BCUT2D eigenvalue weighted by molar-refractivity contribution is -0.147. The molecule has 1 aliphatic carbocycles. The van der Waals surface area contributed by atoms with E-state index in [1.165, 1.54) is 42.2 Å². The molecular weight excluding hydrogens is 562 g/mol. The van der Waals surface area contributed by atoms with Gasteiger partial charge in [0.2, 0.25) is 5.78 Å². The zero-order chi connectivity index (χ0) is 30.0. The molecule has 10 nitrogen and oxygen atoms in total. The molecule has 0 radical (unpaired) electrons. The summed E-state index contributed by atoms with van der Waals surface area (Å²) in [6, 6.07) is 20.0. The summed E-state index contributed by atoms with van der Waals surface area (Å²) in [6.45, 7) is -0.106. The van der Waals surface area contributed by atoms with Crippen molar-refractivity contribution < 1.29 is 33.8 Å². The monoisotopic (exact) mass is 587 g/mol. The number of methoxy groups -OCH3 is 1. The zero-order valence-corrected chi connectivity index (χ0v) is 23.4. The van der Waals surface area contributed by atoms with Gasteiger partial charge in [-0.2, -0.15) is 5.10 Å². The number of carbonyl (C=O) groups is 4. The smallest absolute Gasteiger partial charge is 0.415 e. The van der Waals surface area contributed by atoms with Crippen LogP contribution in [0.4, 0.5) is 10.5 Å². The fourth-order valence-corrected chi connectivity index (χ4v) is 5.37. The molecule has 1 amide bonds. The molecule has 0 bridgehead atoms. The number of aryl methyl sites for hydroxylation is 1. The van der Waals surface area contributed by atoms with Crippen LogP contribution in [-0.2, 0) is 26.1 Å². The van der Waals surface area contributed by atoms with Crippen molar-refractivity contribution in [1.29, 1.82) is 0 Å². The standard InChI is InChI=1S/C31H26ClN3O7/c1-34-28(29(38)18-11-13-19(32)14-12-18)26(16-33-34)35(25(15-27(36)37)30(39)41-2)31(40)42-17-24-22-9-5-3-7-20(22)21-8-4-6-10-23(21)24/h3-14,16,24-25H,15,17H2,1-2H3,(H,36,37)/t25-/m0/s1. The number of benzene rings is 3. The van der Waals surface area contributed by atoms with Crippen LogP contribution < -0.4 is 4.90 Å². The average molecular weight is 588 g/mol. The third kappa shape index (κ3) is 5.36. The number of rotatable bonds is 9. The van der Waals surface area contributed by atoms with E-state index in [1.807, 2.05) is 48.5 Å². The number of anilines is 1. The maximum absolute atomic E-state index is 13.9. The fraction of sp³-hybridized carbons (Fsp3) is 0.194. The third-order valence-corrected chi connectivity index (χ3v) is 7.44. The molecule has 4 aromatic rings. The number of fused-ring (bicyclic) bond motifs is 3. The van der Waals surface area contributed by atoms with Gasteiger partial charge in [-0.1, -0.05) is 60.1 Å². The van der Waals surface area contributed by atoms with E-state index in [-0.39, 0.29) is 29.5 Å². The van der Waals surface area contributed by atoms with E-state index in [9.17, 15) is 24.3 Å². The van der Waals surface area contributed by atoms with Gasteiger partial charge in [-0.05, 0) is 46.5 Å². The number of esters is 1. The van der Waals surface area contributed by atoms with E-state index < -0.39 is 36.3 Å². The molecule has 5 rings (SSSR count). The highest BCUT2D eigenvalue weighted by atomic mass is 35.5. The Balaban J connectivity index is 1.53. The highest BCUT2D eigenvalue weighted by Crippen LogP contribution is 2.44. The molecular formula is C31H26ClN3O7. The first kappa shape index (κ1) is 28.6. The molecule has 0 aliphatic heterocycles. The minimum atomic E-state index is -1.65. The number of aromatic nitrogens is 2. The van der Waals surface area contributed by atoms with Crippen LogP contribution in [0.5, 0.6) is 0 Å². The number of nitrogens with zero attached hydrogens (tertiary/aromatic N) is 3. The average Bonchev–Trinajstić information content (AvgIpc) is 3.52. The number of ether oxygens (including phenoxy) is 2. The Hall–Kier alpha value is -4.96. The van der Waals surface area contributed by atoms with Gasteiger partial charge in [0.25, 0.3) is 0 Å². The van der Waals surface area contributed by atoms with E-state index in [1.54, 1.807) is 0 Å². The Morgan fingerprint density at radius 3 is 2.14 bits per heavy atom. The molecule has 0 spiro atoms. The topological polar surface area (TPSA) is 128 Å². The van der Waals surface area contributed by atoms with Gasteiger partial charge < -0.3 is 14.6 Å². The van der Waals surface area contributed by atoms with Crippen molar-refractivity contribution in [3.05, 3.63) is 106 Å². The van der Waals surface area contributed by atoms with Crippen LogP contribution >= 0.6 is 11.6 Å². The van der Waals surface area contributed by atoms with Gasteiger partial charge in [0.1, 0.15) is 18.3 Å². The molecule has 1 N–H and O–H groups in total. The van der Waals surface area contributed by atoms with Gasteiger partial charge in [-0.3, -0.25) is 19.2 Å². The van der Waals surface area contributed by atoms with E-state index >= 15 is 0 Å². The van der Waals surface area contributed by atoms with Crippen molar-refractivity contribution in [3.63, 3.8) is 0 Å². The van der Waals surface area contributed by atoms with E-state index in [4.69, 9.17) is 21.1 Å². The largest absolute Gasteiger partial charge is 0.481 e. The second-order valence-electron chi connectivity index (χ2n) is 9.65. The van der Waals surface area contributed by atoms with E-state index in [2.05, 4.69) is 5.10 Å². The predicted molar refractivity (Wildman–Crippen MR) is 154 cm³/mol. The summed E-state index contributed by atoms with van der Waals surface area (Å²) in [5, 5.41) is 14.2. The van der Waals surface area contributed by atoms with E-state index in [0.717, 1.165) is 34.3 Å². The minimum absolute atomic E-state index is 0.0647. The van der Waals surface area contributed by atoms with Crippen molar-refractivity contribution in [3.8, 4) is 11.1 Å². The van der Waals surface area contributed by atoms with Crippen LogP contribution in [0.15, 0.2) is 79.0 Å². The number of amides is 1. The maximum Gasteiger partial charge on any atom is 0.415 e. The molecule has 1 atom stereocenters. The fourth-order valence-electron chi connectivity index (χ4n) is 5.24. The molecule has 0 unspecified atom stereocenters. The normalized spacial score (nSPS) is 12.6. The molecule has 0 fully saturated rings. The molecule has 3 aromatic carbocycles. The molecule has 1 aliphatic rings. The van der Waals surface area contributed by atoms with Crippen molar-refractivity contribution >= 4 is 41.1 Å². The number of aliphatic carboxylic acids is 1. The SMILES string of the molecule is COC(=O)[C@H](CC(=O)O)N(C(=O)OCC1c2ccccc2-c2ccccc21)c1cnn(C)c1C(=O)c1ccc(Cl)cc1. The number of hydrogen-bond donors (Lipinski definition) is 1. The number of carboxylic acids is 1. The van der Waals surface area contributed by atoms with Crippen LogP contribution in [0.3, 0.4) is 0 Å². The molecule has 1 aromatic heterocycles. The lowest BCUT2D eigenvalue weighted by atomic mass is 9.98. The number of ketones is 1. The number of carboxylic acid groups (broad SMARTS) is 1. The first-order chi connectivity index (χ1) is 20.2. The highest BCUT2D eigenvalue weighted by Gasteiger charge is 2.39. The highest BCUT2D eigenvalue weighted by molar-refractivity contribution is 6.30. The second-order valence-corrected chi connectivity index (χ2v) is 10.1. The summed E-state index contributed by atoms with van der Waals surface area (Å²) in [6.07, 6.45) is -0.630. The molecule has 0 saturated carbocycles. The summed E-state index contributed by atoms with van der Waals surface area (Å²) in [4.78, 5) is 53.0. The van der Waals surface area contributed by atoms with Crippen LogP contribution in [0.1, 0.15) is 39.5 Å². The lowest BCUT2D eigenvalue weighted by Gasteiger charge is -2.28. The Kier molecular flexibility index (Phi) is 8.08. The van der Waals surface area contributed by atoms with Crippen LogP contribution in [-0.4, -0.2) is 58.5 Å². The first-order valence-electron chi connectivity index (χ1n) is 13.0. The van der Waals surface area contributed by atoms with Crippen molar-refractivity contribution in [1.82, 2.24) is 9.78 Å². The van der Waals surface area contributed by atoms with Gasteiger partial charge in [-0.15, -0.1) is 0 Å². The second kappa shape index (κ2) is 11.9. The number of hydrogen-bond acceptors (Lipinski definition) is 7. The molecule has 214 valence electrons. The Morgan fingerprint density at radius 1 is 0.976 bits per heavy atom. The van der Waals surface area contributed by atoms with Crippen LogP contribution in [0, 0.1) is 0 Å². The van der Waals surface area contributed by atoms with Gasteiger partial charge in [0.05, 0.1) is 25.4 Å². The molecule has 1 heterocycles. The quantitative estimate of drug-likeness (QED) is 0.212. The van der Waals surface area contributed by atoms with Crippen molar-refractivity contribution in [2.24, 2.45) is 7.05 Å². The Morgan fingerprint density at radius 2 is 1.57 bits per heavy atom. The maximum atomic E-state index is 13.9. The summed E-state index contributed by atoms with van der Waals surface area (Å²) >= 11 is 5.98. The number of carbonyl (C=O) groups excluding carboxylic acids is 3. The zero-order valence-electron chi connectivity index (χ0n) is 22.7. The molecule has 0 saturated heterocycles. The van der Waals surface area contributed by atoms with Crippen LogP contribution in [0.2, 0.25) is 5.02 Å².